The van der Waals surface area contributed by atoms with Gasteiger partial charge < -0.3 is 0 Å². The molecule has 0 radical (unpaired) electrons. The van der Waals surface area contributed by atoms with Crippen molar-refractivity contribution in [2.45, 2.75) is 5.92 Å². The summed E-state index contributed by atoms with van der Waals surface area (Å²) >= 11 is 0. The molecule has 0 spiro atoms. The van der Waals surface area contributed by atoms with Crippen molar-refractivity contribution in [2.75, 3.05) is 0 Å². The Hall–Kier alpha value is -5.03. The SMILES string of the molecule is FC1(F)c2ccccc2-c2ccc(-c3nc(-c4ccccc4)nc(-c4ccc(-c5ccccc5)cc4)n3)cc21. The minimum absolute atomic E-state index is 0.0250. The summed E-state index contributed by atoms with van der Waals surface area (Å²) in [5.41, 5.74) is 5.44. The Morgan fingerprint density at radius 3 is 1.49 bits per heavy atom. The van der Waals surface area contributed by atoms with Crippen LogP contribution in [0.25, 0.3) is 56.4 Å². The number of nitrogens with zero attached hydrogens (tertiary/aromatic N) is 3. The van der Waals surface area contributed by atoms with Crippen molar-refractivity contribution in [1.82, 2.24) is 15.0 Å². The van der Waals surface area contributed by atoms with Gasteiger partial charge in [0.1, 0.15) is 0 Å². The summed E-state index contributed by atoms with van der Waals surface area (Å²) in [4.78, 5) is 14.2. The molecule has 39 heavy (non-hydrogen) atoms. The van der Waals surface area contributed by atoms with Crippen molar-refractivity contribution in [1.29, 1.82) is 0 Å². The van der Waals surface area contributed by atoms with Crippen LogP contribution < -0.4 is 0 Å². The predicted octanol–water partition coefficient (Wildman–Crippen LogP) is 8.66. The Kier molecular flexibility index (Phi) is 5.37. The number of alkyl halides is 2. The van der Waals surface area contributed by atoms with Gasteiger partial charge in [0, 0.05) is 27.8 Å². The van der Waals surface area contributed by atoms with Gasteiger partial charge >= 0.3 is 0 Å². The largest absolute Gasteiger partial charge is 0.299 e. The molecule has 0 amide bonds. The molecular formula is C34H21F2N3. The molecule has 5 heteroatoms. The highest BCUT2D eigenvalue weighted by atomic mass is 19.3. The molecule has 0 unspecified atom stereocenters. The summed E-state index contributed by atoms with van der Waals surface area (Å²) in [5, 5.41) is 0. The molecule has 3 nitrogen and oxygen atoms in total. The van der Waals surface area contributed by atoms with E-state index in [4.69, 9.17) is 15.0 Å². The number of fused-ring (bicyclic) bond motifs is 3. The van der Waals surface area contributed by atoms with Crippen molar-refractivity contribution >= 4 is 0 Å². The van der Waals surface area contributed by atoms with Crippen LogP contribution in [0.1, 0.15) is 11.1 Å². The van der Waals surface area contributed by atoms with E-state index >= 15 is 8.78 Å². The molecule has 0 bridgehead atoms. The maximum Gasteiger partial charge on any atom is 0.299 e. The Bertz CT molecular complexity index is 1820. The molecule has 1 aliphatic rings. The zero-order chi connectivity index (χ0) is 26.4. The summed E-state index contributed by atoms with van der Waals surface area (Å²) in [5.74, 6) is -1.78. The van der Waals surface area contributed by atoms with Gasteiger partial charge in [-0.05, 0) is 28.3 Å². The lowest BCUT2D eigenvalue weighted by Gasteiger charge is -2.13. The van der Waals surface area contributed by atoms with E-state index in [9.17, 15) is 0 Å². The van der Waals surface area contributed by atoms with E-state index < -0.39 is 5.92 Å². The van der Waals surface area contributed by atoms with Gasteiger partial charge in [0.05, 0.1) is 0 Å². The molecule has 0 saturated heterocycles. The van der Waals surface area contributed by atoms with Crippen molar-refractivity contribution in [3.63, 3.8) is 0 Å². The summed E-state index contributed by atoms with van der Waals surface area (Å²) in [6.45, 7) is 0. The Balaban J connectivity index is 1.35. The van der Waals surface area contributed by atoms with Gasteiger partial charge in [0.2, 0.25) is 0 Å². The number of benzene rings is 5. The zero-order valence-electron chi connectivity index (χ0n) is 20.7. The van der Waals surface area contributed by atoms with Crippen LogP contribution in [0.4, 0.5) is 8.78 Å². The lowest BCUT2D eigenvalue weighted by atomic mass is 10.0. The predicted molar refractivity (Wildman–Crippen MR) is 150 cm³/mol. The van der Waals surface area contributed by atoms with Gasteiger partial charge in [0.25, 0.3) is 5.92 Å². The minimum Gasteiger partial charge on any atom is -0.208 e. The van der Waals surface area contributed by atoms with Gasteiger partial charge in [-0.1, -0.05) is 121 Å². The van der Waals surface area contributed by atoms with E-state index in [0.717, 1.165) is 22.3 Å². The van der Waals surface area contributed by atoms with Gasteiger partial charge in [-0.2, -0.15) is 8.78 Å². The number of rotatable bonds is 4. The second-order valence-corrected chi connectivity index (χ2v) is 9.50. The lowest BCUT2D eigenvalue weighted by Crippen LogP contribution is -2.11. The van der Waals surface area contributed by atoms with Crippen LogP contribution >= 0.6 is 0 Å². The van der Waals surface area contributed by atoms with Crippen LogP contribution in [0.15, 0.2) is 127 Å². The number of halogens is 2. The summed E-state index contributed by atoms with van der Waals surface area (Å²) in [6, 6.07) is 39.5. The summed E-state index contributed by atoms with van der Waals surface area (Å²) in [6.07, 6.45) is 0. The molecule has 7 rings (SSSR count). The third-order valence-electron chi connectivity index (χ3n) is 7.09. The zero-order valence-corrected chi connectivity index (χ0v) is 20.7. The molecule has 1 aromatic heterocycles. The minimum atomic E-state index is -3.09. The van der Waals surface area contributed by atoms with Gasteiger partial charge in [-0.25, -0.2) is 15.0 Å². The van der Waals surface area contributed by atoms with E-state index in [0.29, 0.717) is 34.2 Å². The smallest absolute Gasteiger partial charge is 0.208 e. The molecule has 0 fully saturated rings. The van der Waals surface area contributed by atoms with Crippen LogP contribution in [0.2, 0.25) is 0 Å². The van der Waals surface area contributed by atoms with Crippen molar-refractivity contribution in [3.8, 4) is 56.4 Å². The van der Waals surface area contributed by atoms with Gasteiger partial charge in [0.15, 0.2) is 17.5 Å². The number of aromatic nitrogens is 3. The van der Waals surface area contributed by atoms with Crippen molar-refractivity contribution < 1.29 is 8.78 Å². The van der Waals surface area contributed by atoms with E-state index in [1.807, 2.05) is 78.9 Å². The third-order valence-corrected chi connectivity index (χ3v) is 7.09. The molecule has 5 aromatic carbocycles. The highest BCUT2D eigenvalue weighted by Crippen LogP contribution is 2.51. The van der Waals surface area contributed by atoms with Gasteiger partial charge in [-0.15, -0.1) is 0 Å². The number of hydrogen-bond acceptors (Lipinski definition) is 3. The average Bonchev–Trinajstić information content (AvgIpc) is 3.24. The summed E-state index contributed by atoms with van der Waals surface area (Å²) in [7, 11) is 0. The van der Waals surface area contributed by atoms with Crippen LogP contribution in [0, 0.1) is 0 Å². The lowest BCUT2D eigenvalue weighted by molar-refractivity contribution is 0.0480. The fraction of sp³-hybridized carbons (Fsp3) is 0.0294. The fourth-order valence-corrected chi connectivity index (χ4v) is 5.11. The number of hydrogen-bond donors (Lipinski definition) is 0. The maximum atomic E-state index is 15.4. The molecule has 1 aliphatic carbocycles. The summed E-state index contributed by atoms with van der Waals surface area (Å²) < 4.78 is 30.9. The van der Waals surface area contributed by atoms with Crippen LogP contribution in [-0.4, -0.2) is 15.0 Å². The first-order valence-electron chi connectivity index (χ1n) is 12.7. The van der Waals surface area contributed by atoms with E-state index in [-0.39, 0.29) is 11.1 Å². The Morgan fingerprint density at radius 1 is 0.385 bits per heavy atom. The molecule has 6 aromatic rings. The quantitative estimate of drug-likeness (QED) is 0.239. The van der Waals surface area contributed by atoms with Crippen LogP contribution in [0.5, 0.6) is 0 Å². The Labute approximate surface area is 224 Å². The van der Waals surface area contributed by atoms with E-state index in [1.165, 1.54) is 12.1 Å². The van der Waals surface area contributed by atoms with Gasteiger partial charge in [-0.3, -0.25) is 0 Å². The second kappa shape index (κ2) is 9.07. The molecule has 0 saturated carbocycles. The first-order chi connectivity index (χ1) is 19.1. The van der Waals surface area contributed by atoms with Crippen LogP contribution in [0.3, 0.4) is 0 Å². The first kappa shape index (κ1) is 23.1. The normalized spacial score (nSPS) is 13.1. The molecular weight excluding hydrogens is 488 g/mol. The van der Waals surface area contributed by atoms with E-state index in [1.54, 1.807) is 24.3 Å². The average molecular weight is 510 g/mol. The standard InChI is InChI=1S/C34H21F2N3/c35-34(36)29-14-8-7-13-27(29)28-20-19-26(21-30(28)34)33-38-31(24-11-5-2-6-12-24)37-32(39-33)25-17-15-23(16-18-25)22-9-3-1-4-10-22/h1-21H. The van der Waals surface area contributed by atoms with Crippen molar-refractivity contribution in [2.24, 2.45) is 0 Å². The Morgan fingerprint density at radius 2 is 0.821 bits per heavy atom. The maximum absolute atomic E-state index is 15.4. The fourth-order valence-electron chi connectivity index (χ4n) is 5.11. The molecule has 0 aliphatic heterocycles. The molecule has 0 atom stereocenters. The first-order valence-corrected chi connectivity index (χ1v) is 12.7. The molecule has 0 N–H and O–H groups in total. The second-order valence-electron chi connectivity index (χ2n) is 9.50. The highest BCUT2D eigenvalue weighted by molar-refractivity contribution is 5.82. The van der Waals surface area contributed by atoms with E-state index in [2.05, 4.69) is 12.1 Å². The third kappa shape index (κ3) is 3.99. The van der Waals surface area contributed by atoms with Crippen LogP contribution in [-0.2, 0) is 5.92 Å². The monoisotopic (exact) mass is 509 g/mol. The molecule has 186 valence electrons. The van der Waals surface area contributed by atoms with Crippen molar-refractivity contribution in [3.05, 3.63) is 139 Å². The molecule has 1 heterocycles. The topological polar surface area (TPSA) is 38.7 Å². The highest BCUT2D eigenvalue weighted by Gasteiger charge is 2.44.